The van der Waals surface area contributed by atoms with E-state index in [0.29, 0.717) is 40.4 Å². The Balaban J connectivity index is 2.21. The van der Waals surface area contributed by atoms with Crippen LogP contribution in [-0.4, -0.2) is 24.8 Å². The maximum Gasteiger partial charge on any atom is 0.335 e. The van der Waals surface area contributed by atoms with Gasteiger partial charge in [0.25, 0.3) is 0 Å². The molecular formula is C18H17Cl2NO4. The largest absolute Gasteiger partial charge is 0.493 e. The maximum atomic E-state index is 11.1. The molecule has 2 N–H and O–H groups in total. The van der Waals surface area contributed by atoms with Crippen LogP contribution in [0.1, 0.15) is 15.9 Å². The molecule has 2 rings (SSSR count). The lowest BCUT2D eigenvalue weighted by atomic mass is 10.1. The summed E-state index contributed by atoms with van der Waals surface area (Å²) in [6, 6.07) is 7.98. The van der Waals surface area contributed by atoms with E-state index in [9.17, 15) is 4.79 Å². The van der Waals surface area contributed by atoms with Crippen LogP contribution < -0.4 is 14.8 Å². The summed E-state index contributed by atoms with van der Waals surface area (Å²) in [6.07, 6.45) is 1.61. The minimum absolute atomic E-state index is 0.149. The molecule has 0 aliphatic heterocycles. The summed E-state index contributed by atoms with van der Waals surface area (Å²) in [7, 11) is 1.52. The molecule has 0 bridgehead atoms. The van der Waals surface area contributed by atoms with Gasteiger partial charge in [-0.25, -0.2) is 4.79 Å². The lowest BCUT2D eigenvalue weighted by molar-refractivity contribution is 0.0697. The minimum atomic E-state index is -1.02. The quantitative estimate of drug-likeness (QED) is 0.637. The van der Waals surface area contributed by atoms with Crippen LogP contribution in [0.25, 0.3) is 0 Å². The predicted molar refractivity (Wildman–Crippen MR) is 99.4 cm³/mol. The Hall–Kier alpha value is -2.37. The third-order valence-electron chi connectivity index (χ3n) is 3.33. The second-order valence-corrected chi connectivity index (χ2v) is 5.88. The van der Waals surface area contributed by atoms with Gasteiger partial charge in [-0.1, -0.05) is 35.9 Å². The third-order valence-corrected chi connectivity index (χ3v) is 3.94. The number of ether oxygens (including phenoxy) is 2. The van der Waals surface area contributed by atoms with Crippen molar-refractivity contribution in [1.29, 1.82) is 0 Å². The summed E-state index contributed by atoms with van der Waals surface area (Å²) in [5, 5.41) is 13.0. The normalized spacial score (nSPS) is 10.2. The average molecular weight is 382 g/mol. The molecule has 0 atom stereocenters. The molecule has 0 heterocycles. The second kappa shape index (κ2) is 8.65. The Labute approximate surface area is 155 Å². The molecule has 132 valence electrons. The zero-order chi connectivity index (χ0) is 18.4. The summed E-state index contributed by atoms with van der Waals surface area (Å²) in [6.45, 7) is 4.28. The van der Waals surface area contributed by atoms with Gasteiger partial charge in [0.1, 0.15) is 6.61 Å². The van der Waals surface area contributed by atoms with Gasteiger partial charge in [-0.2, -0.15) is 0 Å². The van der Waals surface area contributed by atoms with E-state index in [4.69, 9.17) is 37.8 Å². The number of hydrogen-bond acceptors (Lipinski definition) is 4. The van der Waals surface area contributed by atoms with Crippen molar-refractivity contribution in [2.24, 2.45) is 0 Å². The molecular weight excluding hydrogens is 365 g/mol. The van der Waals surface area contributed by atoms with E-state index >= 15 is 0 Å². The molecule has 0 spiro atoms. The number of halogens is 2. The van der Waals surface area contributed by atoms with Crippen LogP contribution in [0.4, 0.5) is 5.69 Å². The highest BCUT2D eigenvalue weighted by Gasteiger charge is 2.13. The summed E-state index contributed by atoms with van der Waals surface area (Å²) in [4.78, 5) is 11.1. The van der Waals surface area contributed by atoms with Gasteiger partial charge in [-0.15, -0.1) is 0 Å². The third kappa shape index (κ3) is 4.81. The first kappa shape index (κ1) is 19.0. The molecule has 0 fully saturated rings. The number of methoxy groups -OCH3 is 1. The van der Waals surface area contributed by atoms with E-state index in [2.05, 4.69) is 11.9 Å². The SMILES string of the molecule is C=CCOc1c(Cl)cc(CNc2cc(C(=O)O)ccc2Cl)cc1OC. The van der Waals surface area contributed by atoms with Crippen LogP contribution >= 0.6 is 23.2 Å². The minimum Gasteiger partial charge on any atom is -0.493 e. The van der Waals surface area contributed by atoms with Crippen molar-refractivity contribution < 1.29 is 19.4 Å². The van der Waals surface area contributed by atoms with Crippen LogP contribution in [0.2, 0.25) is 10.0 Å². The van der Waals surface area contributed by atoms with E-state index in [-0.39, 0.29) is 5.56 Å². The zero-order valence-electron chi connectivity index (χ0n) is 13.5. The smallest absolute Gasteiger partial charge is 0.335 e. The number of nitrogens with one attached hydrogen (secondary N) is 1. The predicted octanol–water partition coefficient (Wildman–Crippen LogP) is 4.88. The Bertz CT molecular complexity index is 793. The van der Waals surface area contributed by atoms with Crippen molar-refractivity contribution >= 4 is 34.9 Å². The van der Waals surface area contributed by atoms with Gasteiger partial charge in [0, 0.05) is 6.54 Å². The van der Waals surface area contributed by atoms with Crippen molar-refractivity contribution in [1.82, 2.24) is 0 Å². The molecule has 0 saturated carbocycles. The Morgan fingerprint density at radius 1 is 1.28 bits per heavy atom. The van der Waals surface area contributed by atoms with Crippen LogP contribution in [-0.2, 0) is 6.54 Å². The van der Waals surface area contributed by atoms with Crippen LogP contribution in [0.3, 0.4) is 0 Å². The number of anilines is 1. The van der Waals surface area contributed by atoms with E-state index < -0.39 is 5.97 Å². The monoisotopic (exact) mass is 381 g/mol. The average Bonchev–Trinajstić information content (AvgIpc) is 2.59. The Kier molecular flexibility index (Phi) is 6.56. The van der Waals surface area contributed by atoms with Crippen molar-refractivity contribution in [3.8, 4) is 11.5 Å². The fraction of sp³-hybridized carbons (Fsp3) is 0.167. The van der Waals surface area contributed by atoms with Gasteiger partial charge in [-0.3, -0.25) is 0 Å². The number of carboxylic acid groups (broad SMARTS) is 1. The lowest BCUT2D eigenvalue weighted by Gasteiger charge is -2.14. The topological polar surface area (TPSA) is 67.8 Å². The van der Waals surface area contributed by atoms with Crippen LogP contribution in [0, 0.1) is 0 Å². The number of aromatic carboxylic acids is 1. The van der Waals surface area contributed by atoms with Gasteiger partial charge in [0.05, 0.1) is 28.4 Å². The number of carbonyl (C=O) groups is 1. The highest BCUT2D eigenvalue weighted by molar-refractivity contribution is 6.33. The molecule has 0 unspecified atom stereocenters. The molecule has 0 aromatic heterocycles. The van der Waals surface area contributed by atoms with Gasteiger partial charge < -0.3 is 19.9 Å². The molecule has 7 heteroatoms. The summed E-state index contributed by atoms with van der Waals surface area (Å²) in [5.74, 6) is -0.0802. The molecule has 0 aliphatic rings. The maximum absolute atomic E-state index is 11.1. The van der Waals surface area contributed by atoms with Crippen LogP contribution in [0.15, 0.2) is 43.0 Å². The molecule has 2 aromatic rings. The Morgan fingerprint density at radius 3 is 2.68 bits per heavy atom. The van der Waals surface area contributed by atoms with Crippen molar-refractivity contribution in [3.63, 3.8) is 0 Å². The van der Waals surface area contributed by atoms with E-state index in [1.54, 1.807) is 18.2 Å². The summed E-state index contributed by atoms with van der Waals surface area (Å²) >= 11 is 12.4. The first-order valence-electron chi connectivity index (χ1n) is 7.33. The van der Waals surface area contributed by atoms with E-state index in [1.165, 1.54) is 25.3 Å². The number of carboxylic acids is 1. The standard InChI is InChI=1S/C18H17Cl2NO4/c1-3-6-25-17-14(20)7-11(8-16(17)24-2)10-21-15-9-12(18(22)23)4-5-13(15)19/h3-5,7-9,21H,1,6,10H2,2H3,(H,22,23). The highest BCUT2D eigenvalue weighted by Crippen LogP contribution is 2.36. The van der Waals surface area contributed by atoms with E-state index in [1.807, 2.05) is 0 Å². The molecule has 2 aromatic carbocycles. The molecule has 0 amide bonds. The summed E-state index contributed by atoms with van der Waals surface area (Å²) in [5.41, 5.74) is 1.49. The fourth-order valence-corrected chi connectivity index (χ4v) is 2.62. The van der Waals surface area contributed by atoms with Gasteiger partial charge in [0.2, 0.25) is 0 Å². The molecule has 0 aliphatic carbocycles. The van der Waals surface area contributed by atoms with Crippen molar-refractivity contribution in [2.45, 2.75) is 6.54 Å². The van der Waals surface area contributed by atoms with Gasteiger partial charge in [-0.05, 0) is 35.9 Å². The second-order valence-electron chi connectivity index (χ2n) is 5.06. The first-order chi connectivity index (χ1) is 12.0. The van der Waals surface area contributed by atoms with Crippen LogP contribution in [0.5, 0.6) is 11.5 Å². The zero-order valence-corrected chi connectivity index (χ0v) is 15.0. The number of benzene rings is 2. The van der Waals surface area contributed by atoms with Crippen molar-refractivity contribution in [2.75, 3.05) is 19.0 Å². The molecule has 0 saturated heterocycles. The summed E-state index contributed by atoms with van der Waals surface area (Å²) < 4.78 is 10.8. The highest BCUT2D eigenvalue weighted by atomic mass is 35.5. The van der Waals surface area contributed by atoms with Crippen molar-refractivity contribution in [3.05, 3.63) is 64.2 Å². The molecule has 25 heavy (non-hydrogen) atoms. The number of rotatable bonds is 8. The number of hydrogen-bond donors (Lipinski definition) is 2. The van der Waals surface area contributed by atoms with Gasteiger partial charge >= 0.3 is 5.97 Å². The van der Waals surface area contributed by atoms with Gasteiger partial charge in [0.15, 0.2) is 11.5 Å². The van der Waals surface area contributed by atoms with E-state index in [0.717, 1.165) is 5.56 Å². The molecule has 0 radical (unpaired) electrons. The Morgan fingerprint density at radius 2 is 2.04 bits per heavy atom. The molecule has 5 nitrogen and oxygen atoms in total. The lowest BCUT2D eigenvalue weighted by Crippen LogP contribution is -2.04. The fourth-order valence-electron chi connectivity index (χ4n) is 2.15. The first-order valence-corrected chi connectivity index (χ1v) is 8.08.